The molecule has 3 atom stereocenters. The van der Waals surface area contributed by atoms with Crippen molar-refractivity contribution in [2.75, 3.05) is 6.16 Å². The van der Waals surface area contributed by atoms with Crippen LogP contribution in [0.5, 0.6) is 0 Å². The molecule has 0 spiro atoms. The van der Waals surface area contributed by atoms with E-state index in [1.807, 2.05) is 30.3 Å². The lowest BCUT2D eigenvalue weighted by Gasteiger charge is -2.41. The minimum atomic E-state index is -0.470. The maximum atomic E-state index is 14.0. The van der Waals surface area contributed by atoms with Crippen LogP contribution in [0.4, 0.5) is 0 Å². The molecule has 156 valence electrons. The van der Waals surface area contributed by atoms with Crippen LogP contribution in [0.2, 0.25) is 0 Å². The van der Waals surface area contributed by atoms with Crippen LogP contribution in [0, 0.1) is 0 Å². The van der Waals surface area contributed by atoms with Crippen molar-refractivity contribution < 1.29 is 4.79 Å². The highest BCUT2D eigenvalue weighted by atomic mass is 31.1. The number of Topliss-reactive ketones (excluding diaryl/α,β-unsaturated/α-hetero) is 1. The molecule has 6 rings (SSSR count). The Kier molecular flexibility index (Phi) is 4.63. The van der Waals surface area contributed by atoms with E-state index in [2.05, 4.69) is 91.0 Å². The van der Waals surface area contributed by atoms with Crippen molar-refractivity contribution in [3.8, 4) is 0 Å². The fourth-order valence-electron chi connectivity index (χ4n) is 6.30. The molecular formula is C30H25OP. The van der Waals surface area contributed by atoms with Crippen LogP contribution in [0.1, 0.15) is 33.5 Å². The van der Waals surface area contributed by atoms with Crippen molar-refractivity contribution in [2.45, 2.75) is 22.7 Å². The van der Waals surface area contributed by atoms with Gasteiger partial charge in [-0.15, -0.1) is 0 Å². The highest BCUT2D eigenvalue weighted by Crippen LogP contribution is 2.92. The smallest absolute Gasteiger partial charge is 0.171 e. The van der Waals surface area contributed by atoms with Crippen LogP contribution in [0.15, 0.2) is 121 Å². The van der Waals surface area contributed by atoms with Crippen molar-refractivity contribution in [3.63, 3.8) is 0 Å². The molecule has 0 aliphatic carbocycles. The number of rotatable bonds is 5. The van der Waals surface area contributed by atoms with Crippen LogP contribution in [0.25, 0.3) is 0 Å². The zero-order valence-electron chi connectivity index (χ0n) is 17.9. The van der Waals surface area contributed by atoms with E-state index in [1.54, 1.807) is 0 Å². The molecule has 0 radical (unpaired) electrons. The number of hydrogen-bond donors (Lipinski definition) is 0. The first-order chi connectivity index (χ1) is 15.8. The highest BCUT2D eigenvalue weighted by molar-refractivity contribution is 7.70. The summed E-state index contributed by atoms with van der Waals surface area (Å²) < 4.78 is 0. The molecule has 0 amide bonds. The Morgan fingerprint density at radius 3 is 1.56 bits per heavy atom. The predicted octanol–water partition coefficient (Wildman–Crippen LogP) is 7.02. The Morgan fingerprint density at radius 2 is 1.06 bits per heavy atom. The largest absolute Gasteiger partial charge is 0.293 e. The van der Waals surface area contributed by atoms with Crippen LogP contribution in [0.3, 0.4) is 0 Å². The Hall–Kier alpha value is -3.02. The summed E-state index contributed by atoms with van der Waals surface area (Å²) >= 11 is 0. The van der Waals surface area contributed by atoms with Crippen molar-refractivity contribution >= 4 is 13.7 Å². The van der Waals surface area contributed by atoms with Crippen LogP contribution in [-0.4, -0.2) is 17.6 Å². The minimum Gasteiger partial charge on any atom is -0.293 e. The Labute approximate surface area is 190 Å². The summed E-state index contributed by atoms with van der Waals surface area (Å²) in [6, 6.07) is 42.7. The lowest BCUT2D eigenvalue weighted by Crippen LogP contribution is -2.43. The monoisotopic (exact) mass is 432 g/mol. The summed E-state index contributed by atoms with van der Waals surface area (Å²) in [7, 11) is -0.470. The van der Waals surface area contributed by atoms with Gasteiger partial charge in [-0.3, -0.25) is 4.79 Å². The van der Waals surface area contributed by atoms with E-state index in [4.69, 9.17) is 0 Å². The number of hydrogen-bond acceptors (Lipinski definition) is 1. The highest BCUT2D eigenvalue weighted by Gasteiger charge is 2.80. The number of fused-ring (bicyclic) bond motifs is 1. The van der Waals surface area contributed by atoms with Gasteiger partial charge in [0.15, 0.2) is 5.78 Å². The summed E-state index contributed by atoms with van der Waals surface area (Å²) in [5.74, 6) is 0.316. The molecule has 1 nitrogen and oxygen atoms in total. The van der Waals surface area contributed by atoms with Crippen molar-refractivity contribution in [2.24, 2.45) is 0 Å². The number of carbonyl (C=O) groups excluding carboxylic acids is 1. The maximum Gasteiger partial charge on any atom is 0.171 e. The molecule has 32 heavy (non-hydrogen) atoms. The standard InChI is InChI=1S/C30H25OP/c31-27(23-13-5-1-6-14-23)28-30(26-19-11-4-12-20-26)29(21-22-32(28)30,24-15-7-2-8-16-24)25-17-9-3-10-18-25/h1-20,28H,21-22H2. The van der Waals surface area contributed by atoms with Crippen LogP contribution < -0.4 is 0 Å². The van der Waals surface area contributed by atoms with E-state index in [9.17, 15) is 4.79 Å². The third kappa shape index (κ3) is 2.58. The second kappa shape index (κ2) is 7.54. The Bertz CT molecular complexity index is 1200. The average Bonchev–Trinajstić information content (AvgIpc) is 3.43. The fraction of sp³-hybridized carbons (Fsp3) is 0.167. The predicted molar refractivity (Wildman–Crippen MR) is 133 cm³/mol. The molecule has 2 aliphatic heterocycles. The number of benzene rings is 4. The third-order valence-electron chi connectivity index (χ3n) is 7.52. The molecule has 2 heterocycles. The molecule has 2 saturated heterocycles. The van der Waals surface area contributed by atoms with E-state index < -0.39 is 7.92 Å². The van der Waals surface area contributed by atoms with Gasteiger partial charge in [-0.25, -0.2) is 0 Å². The molecular weight excluding hydrogens is 407 g/mol. The van der Waals surface area contributed by atoms with Gasteiger partial charge in [0.1, 0.15) is 0 Å². The topological polar surface area (TPSA) is 17.1 Å². The SMILES string of the molecule is O=C(c1ccccc1)C1P2CCC(c3ccccc3)(c3ccccc3)C12c1ccccc1. The van der Waals surface area contributed by atoms with Crippen molar-refractivity contribution in [1.29, 1.82) is 0 Å². The van der Waals surface area contributed by atoms with E-state index in [0.717, 1.165) is 18.1 Å². The average molecular weight is 433 g/mol. The van der Waals surface area contributed by atoms with Gasteiger partial charge >= 0.3 is 0 Å². The molecule has 3 unspecified atom stereocenters. The lowest BCUT2D eigenvalue weighted by molar-refractivity contribution is 0.0980. The molecule has 2 heteroatoms. The zero-order chi connectivity index (χ0) is 21.6. The van der Waals surface area contributed by atoms with Gasteiger partial charge in [-0.1, -0.05) is 129 Å². The summed E-state index contributed by atoms with van der Waals surface area (Å²) in [6.45, 7) is 0. The molecule has 0 aromatic heterocycles. The fourth-order valence-corrected chi connectivity index (χ4v) is 10.7. The maximum absolute atomic E-state index is 14.0. The first-order valence-corrected chi connectivity index (χ1v) is 12.9. The molecule has 4 aromatic carbocycles. The first kappa shape index (κ1) is 19.6. The van der Waals surface area contributed by atoms with E-state index in [-0.39, 0.29) is 16.2 Å². The minimum absolute atomic E-state index is 0.0523. The van der Waals surface area contributed by atoms with Gasteiger partial charge in [0.2, 0.25) is 0 Å². The molecule has 2 fully saturated rings. The molecule has 2 aliphatic rings. The van der Waals surface area contributed by atoms with Gasteiger partial charge in [-0.05, 0) is 29.3 Å². The lowest BCUT2D eigenvalue weighted by atomic mass is 9.60. The number of carbonyl (C=O) groups is 1. The van der Waals surface area contributed by atoms with Crippen molar-refractivity contribution in [3.05, 3.63) is 144 Å². The van der Waals surface area contributed by atoms with Gasteiger partial charge in [0.05, 0.1) is 5.66 Å². The normalized spacial score (nSPS) is 25.1. The molecule has 4 aromatic rings. The van der Waals surface area contributed by atoms with Crippen LogP contribution >= 0.6 is 7.92 Å². The van der Waals surface area contributed by atoms with Gasteiger partial charge in [-0.2, -0.15) is 0 Å². The van der Waals surface area contributed by atoms with Crippen molar-refractivity contribution in [1.82, 2.24) is 0 Å². The summed E-state index contributed by atoms with van der Waals surface area (Å²) in [5, 5.41) is -0.167. The Balaban J connectivity index is 1.62. The second-order valence-corrected chi connectivity index (χ2v) is 11.5. The second-order valence-electron chi connectivity index (χ2n) is 8.85. The third-order valence-corrected chi connectivity index (χ3v) is 11.0. The Morgan fingerprint density at radius 1 is 0.625 bits per heavy atom. The van der Waals surface area contributed by atoms with Crippen LogP contribution in [-0.2, 0) is 10.6 Å². The molecule has 0 bridgehead atoms. The molecule has 0 saturated carbocycles. The van der Waals surface area contributed by atoms with E-state index in [0.29, 0.717) is 5.78 Å². The summed E-state index contributed by atoms with van der Waals surface area (Å²) in [5.41, 5.74) is 4.70. The zero-order valence-corrected chi connectivity index (χ0v) is 18.8. The summed E-state index contributed by atoms with van der Waals surface area (Å²) in [4.78, 5) is 14.0. The van der Waals surface area contributed by atoms with Gasteiger partial charge in [0, 0.05) is 16.1 Å². The first-order valence-electron chi connectivity index (χ1n) is 11.3. The van der Waals surface area contributed by atoms with E-state index >= 15 is 0 Å². The quantitative estimate of drug-likeness (QED) is 0.245. The van der Waals surface area contributed by atoms with E-state index in [1.165, 1.54) is 16.7 Å². The molecule has 0 N–H and O–H groups in total. The van der Waals surface area contributed by atoms with Gasteiger partial charge in [0.25, 0.3) is 0 Å². The summed E-state index contributed by atoms with van der Waals surface area (Å²) in [6.07, 6.45) is 2.21. The number of ketones is 1. The van der Waals surface area contributed by atoms with Gasteiger partial charge < -0.3 is 0 Å².